The molecule has 0 radical (unpaired) electrons. The van der Waals surface area contributed by atoms with Crippen molar-refractivity contribution in [1.82, 2.24) is 0 Å². The highest BCUT2D eigenvalue weighted by Gasteiger charge is 1.71. The number of nitrogens with zero attached hydrogens (tertiary/aromatic N) is 1. The summed E-state index contributed by atoms with van der Waals surface area (Å²) in [6.07, 6.45) is 0. The Hall–Kier alpha value is -0.0500. The van der Waals surface area contributed by atoms with E-state index in [-0.39, 0.29) is 0 Å². The zero-order chi connectivity index (χ0) is 4.83. The van der Waals surface area contributed by atoms with Gasteiger partial charge in [0.05, 0.1) is 0 Å². The fourth-order valence-electron chi connectivity index (χ4n) is 0.0991. The van der Waals surface area contributed by atoms with Gasteiger partial charge >= 0.3 is 0 Å². The maximum Gasteiger partial charge on any atom is 0.126 e. The quantitative estimate of drug-likeness (QED) is 0.256. The maximum absolute atomic E-state index is 4.45. The van der Waals surface area contributed by atoms with Crippen LogP contribution in [0.15, 0.2) is 5.16 Å². The molecule has 0 aromatic carbocycles. The summed E-state index contributed by atoms with van der Waals surface area (Å²) in [5.41, 5.74) is 0. The molecule has 0 unspecified atom stereocenters. The SMILES string of the molecule is C=NOCCBr. The van der Waals surface area contributed by atoms with Gasteiger partial charge in [-0.2, -0.15) is 0 Å². The minimum absolute atomic E-state index is 0.601. The second kappa shape index (κ2) is 4.95. The summed E-state index contributed by atoms with van der Waals surface area (Å²) in [5.74, 6) is 0. The van der Waals surface area contributed by atoms with E-state index >= 15 is 0 Å². The first-order chi connectivity index (χ1) is 2.91. The fourth-order valence-corrected chi connectivity index (χ4v) is 0.244. The minimum Gasteiger partial charge on any atom is -0.395 e. The highest BCUT2D eigenvalue weighted by Crippen LogP contribution is 1.79. The Balaban J connectivity index is 2.49. The standard InChI is InChI=1S/C3H6BrNO/c1-5-6-3-2-4/h1-3H2. The van der Waals surface area contributed by atoms with Crippen LogP contribution in [0.25, 0.3) is 0 Å². The molecule has 0 atom stereocenters. The number of hydrogen-bond acceptors (Lipinski definition) is 2. The molecule has 0 aliphatic heterocycles. The molecular weight excluding hydrogens is 146 g/mol. The molecule has 0 aromatic rings. The summed E-state index contributed by atoms with van der Waals surface area (Å²) >= 11 is 3.14. The van der Waals surface area contributed by atoms with Crippen LogP contribution in [0.5, 0.6) is 0 Å². The molecule has 0 aromatic heterocycles. The largest absolute Gasteiger partial charge is 0.395 e. The van der Waals surface area contributed by atoms with Crippen LogP contribution in [0.2, 0.25) is 0 Å². The van der Waals surface area contributed by atoms with E-state index < -0.39 is 0 Å². The second-order valence-electron chi connectivity index (χ2n) is 0.651. The normalized spacial score (nSPS) is 7.50. The Labute approximate surface area is 45.3 Å². The molecule has 6 heavy (non-hydrogen) atoms. The zero-order valence-corrected chi connectivity index (χ0v) is 4.94. The van der Waals surface area contributed by atoms with Crippen molar-refractivity contribution >= 4 is 22.6 Å². The van der Waals surface area contributed by atoms with E-state index in [1.807, 2.05) is 0 Å². The van der Waals surface area contributed by atoms with Gasteiger partial charge in [-0.15, -0.1) is 5.16 Å². The highest BCUT2D eigenvalue weighted by molar-refractivity contribution is 9.09. The molecule has 0 N–H and O–H groups in total. The monoisotopic (exact) mass is 151 g/mol. The summed E-state index contributed by atoms with van der Waals surface area (Å²) in [6.45, 7) is 3.71. The molecule has 0 bridgehead atoms. The van der Waals surface area contributed by atoms with Crippen LogP contribution >= 0.6 is 15.9 Å². The van der Waals surface area contributed by atoms with Crippen LogP contribution in [0, 0.1) is 0 Å². The van der Waals surface area contributed by atoms with Gasteiger partial charge in [0.1, 0.15) is 6.61 Å². The van der Waals surface area contributed by atoms with Crippen molar-refractivity contribution in [2.75, 3.05) is 11.9 Å². The molecule has 0 saturated carbocycles. The average molecular weight is 152 g/mol. The van der Waals surface area contributed by atoms with Crippen LogP contribution in [-0.4, -0.2) is 18.7 Å². The number of oxime groups is 1. The highest BCUT2D eigenvalue weighted by atomic mass is 79.9. The maximum atomic E-state index is 4.45. The third-order valence-electron chi connectivity index (χ3n) is 0.260. The first-order valence-corrected chi connectivity index (χ1v) is 2.68. The van der Waals surface area contributed by atoms with Crippen molar-refractivity contribution in [3.05, 3.63) is 0 Å². The topological polar surface area (TPSA) is 21.6 Å². The lowest BCUT2D eigenvalue weighted by atomic mass is 10.9. The van der Waals surface area contributed by atoms with Gasteiger partial charge in [-0.1, -0.05) is 15.9 Å². The number of alkyl halides is 1. The van der Waals surface area contributed by atoms with E-state index in [9.17, 15) is 0 Å². The summed E-state index contributed by atoms with van der Waals surface area (Å²) in [6, 6.07) is 0. The fraction of sp³-hybridized carbons (Fsp3) is 0.667. The van der Waals surface area contributed by atoms with Gasteiger partial charge in [-0.25, -0.2) is 0 Å². The van der Waals surface area contributed by atoms with Gasteiger partial charge in [-0.05, 0) is 0 Å². The summed E-state index contributed by atoms with van der Waals surface area (Å²) in [7, 11) is 0. The molecule has 0 amide bonds. The third kappa shape index (κ3) is 3.95. The van der Waals surface area contributed by atoms with E-state index in [2.05, 4.69) is 32.6 Å². The summed E-state index contributed by atoms with van der Waals surface area (Å²) < 4.78 is 0. The molecule has 0 rings (SSSR count). The molecule has 36 valence electrons. The molecule has 3 heteroatoms. The van der Waals surface area contributed by atoms with E-state index in [0.717, 1.165) is 5.33 Å². The predicted molar refractivity (Wildman–Crippen MR) is 29.3 cm³/mol. The average Bonchev–Trinajstić information content (AvgIpc) is 1.61. The second-order valence-corrected chi connectivity index (χ2v) is 1.44. The number of halogens is 1. The van der Waals surface area contributed by atoms with Crippen LogP contribution in [-0.2, 0) is 4.84 Å². The van der Waals surface area contributed by atoms with Gasteiger partial charge in [0.15, 0.2) is 0 Å². The molecule has 0 aliphatic rings. The zero-order valence-electron chi connectivity index (χ0n) is 3.35. The van der Waals surface area contributed by atoms with Crippen molar-refractivity contribution in [1.29, 1.82) is 0 Å². The molecule has 2 nitrogen and oxygen atoms in total. The van der Waals surface area contributed by atoms with Crippen LogP contribution in [0.4, 0.5) is 0 Å². The van der Waals surface area contributed by atoms with Crippen LogP contribution < -0.4 is 0 Å². The number of rotatable bonds is 3. The van der Waals surface area contributed by atoms with Crippen molar-refractivity contribution in [2.24, 2.45) is 5.16 Å². The van der Waals surface area contributed by atoms with Gasteiger partial charge in [0.2, 0.25) is 0 Å². The van der Waals surface area contributed by atoms with E-state index in [1.165, 1.54) is 0 Å². The van der Waals surface area contributed by atoms with Crippen molar-refractivity contribution < 1.29 is 4.84 Å². The van der Waals surface area contributed by atoms with Crippen molar-refractivity contribution in [3.8, 4) is 0 Å². The lowest BCUT2D eigenvalue weighted by molar-refractivity contribution is 0.165. The Morgan fingerprint density at radius 1 is 1.83 bits per heavy atom. The van der Waals surface area contributed by atoms with E-state index in [4.69, 9.17) is 0 Å². The van der Waals surface area contributed by atoms with Gasteiger partial charge in [-0.3, -0.25) is 0 Å². The van der Waals surface area contributed by atoms with Gasteiger partial charge in [0.25, 0.3) is 0 Å². The predicted octanol–water partition coefficient (Wildman–Crippen LogP) is 1.01. The van der Waals surface area contributed by atoms with Crippen molar-refractivity contribution in [2.45, 2.75) is 0 Å². The first kappa shape index (κ1) is 5.95. The minimum atomic E-state index is 0.601. The summed E-state index contributed by atoms with van der Waals surface area (Å²) in [4.78, 5) is 4.45. The van der Waals surface area contributed by atoms with Gasteiger partial charge in [0, 0.05) is 12.0 Å². The molecule has 0 heterocycles. The van der Waals surface area contributed by atoms with Crippen LogP contribution in [0.1, 0.15) is 0 Å². The van der Waals surface area contributed by atoms with Crippen molar-refractivity contribution in [3.63, 3.8) is 0 Å². The molecule has 0 aliphatic carbocycles. The first-order valence-electron chi connectivity index (χ1n) is 1.55. The number of hydrogen-bond donors (Lipinski definition) is 0. The third-order valence-corrected chi connectivity index (χ3v) is 0.583. The lowest BCUT2D eigenvalue weighted by Crippen LogP contribution is -1.84. The van der Waals surface area contributed by atoms with Gasteiger partial charge < -0.3 is 4.84 Å². The Kier molecular flexibility index (Phi) is 4.91. The Morgan fingerprint density at radius 2 is 2.50 bits per heavy atom. The molecular formula is C3H6BrNO. The Bertz CT molecular complexity index is 39.8. The summed E-state index contributed by atoms with van der Waals surface area (Å²) in [5, 5.41) is 3.96. The van der Waals surface area contributed by atoms with E-state index in [0.29, 0.717) is 6.61 Å². The lowest BCUT2D eigenvalue weighted by Gasteiger charge is -1.86. The smallest absolute Gasteiger partial charge is 0.126 e. The van der Waals surface area contributed by atoms with Crippen LogP contribution in [0.3, 0.4) is 0 Å². The Morgan fingerprint density at radius 3 is 2.67 bits per heavy atom. The van der Waals surface area contributed by atoms with E-state index in [1.54, 1.807) is 0 Å². The molecule has 0 spiro atoms. The molecule has 0 saturated heterocycles. The molecule has 0 fully saturated rings.